The highest BCUT2D eigenvalue weighted by Gasteiger charge is 2.23. The van der Waals surface area contributed by atoms with Crippen molar-refractivity contribution in [3.63, 3.8) is 0 Å². The molecule has 222 valence electrons. The van der Waals surface area contributed by atoms with Crippen LogP contribution in [-0.2, 0) is 0 Å². The highest BCUT2D eigenvalue weighted by Crippen LogP contribution is 2.42. The first-order chi connectivity index (χ1) is 23.2. The number of benzene rings is 6. The summed E-state index contributed by atoms with van der Waals surface area (Å²) in [6.45, 7) is 2.33. The van der Waals surface area contributed by atoms with Crippen molar-refractivity contribution in [2.24, 2.45) is 0 Å². The molecule has 3 heteroatoms. The molecule has 0 N–H and O–H groups in total. The summed E-state index contributed by atoms with van der Waals surface area (Å²) in [5, 5.41) is 13.6. The molecule has 3 nitrogen and oxygen atoms in total. The molecule has 8 aromatic rings. The molecular weight excluding hydrogens is 571 g/mol. The van der Waals surface area contributed by atoms with Crippen molar-refractivity contribution in [3.05, 3.63) is 162 Å². The zero-order valence-corrected chi connectivity index (χ0v) is 26.1. The van der Waals surface area contributed by atoms with Gasteiger partial charge in [-0.1, -0.05) is 97.9 Å². The molecule has 0 amide bonds. The smallest absolute Gasteiger partial charge is 0.0991 e. The first-order valence-corrected chi connectivity index (χ1v) is 16.2. The Kier molecular flexibility index (Phi) is 6.23. The Balaban J connectivity index is 1.28. The molecule has 47 heavy (non-hydrogen) atoms. The number of nitriles is 1. The van der Waals surface area contributed by atoms with Gasteiger partial charge < -0.3 is 9.13 Å². The third-order valence-corrected chi connectivity index (χ3v) is 9.77. The Bertz CT molecular complexity index is 2530. The molecule has 0 bridgehead atoms. The minimum atomic E-state index is 0.469. The van der Waals surface area contributed by atoms with Crippen LogP contribution in [0, 0.1) is 11.3 Å². The molecular formula is C44H31N3. The molecule has 0 saturated carbocycles. The molecule has 0 spiro atoms. The standard InChI is InChI=1S/C44H31N3/c1-29-11-8-22-43-44(29)38-18-4-7-21-42(38)47(43)33-15-10-14-32(26-33)35-24-23-34(27-39(35)31-13-9-12-30(25-31)28-45)46-40-19-5-2-16-36(40)37-17-3-6-20-41(37)46/h2-10,12-27,29H,11H2,1H3. The van der Waals surface area contributed by atoms with Crippen molar-refractivity contribution in [1.29, 1.82) is 5.26 Å². The molecule has 0 fully saturated rings. The van der Waals surface area contributed by atoms with E-state index in [0.717, 1.165) is 40.0 Å². The van der Waals surface area contributed by atoms with Crippen LogP contribution < -0.4 is 0 Å². The van der Waals surface area contributed by atoms with E-state index >= 15 is 0 Å². The van der Waals surface area contributed by atoms with Crippen molar-refractivity contribution < 1.29 is 0 Å². The molecule has 0 aliphatic heterocycles. The second-order valence-corrected chi connectivity index (χ2v) is 12.5. The Labute approximate surface area is 273 Å². The van der Waals surface area contributed by atoms with Gasteiger partial charge in [0, 0.05) is 33.2 Å². The molecule has 1 atom stereocenters. The van der Waals surface area contributed by atoms with E-state index < -0.39 is 0 Å². The van der Waals surface area contributed by atoms with E-state index in [0.29, 0.717) is 11.5 Å². The lowest BCUT2D eigenvalue weighted by molar-refractivity contribution is 0.773. The molecule has 2 aromatic heterocycles. The first kappa shape index (κ1) is 27.2. The van der Waals surface area contributed by atoms with Crippen molar-refractivity contribution in [3.8, 4) is 39.7 Å². The van der Waals surface area contributed by atoms with Crippen LogP contribution in [0.2, 0.25) is 0 Å². The maximum atomic E-state index is 9.82. The van der Waals surface area contributed by atoms with E-state index in [2.05, 4.69) is 156 Å². The predicted molar refractivity (Wildman–Crippen MR) is 195 cm³/mol. The lowest BCUT2D eigenvalue weighted by atomic mass is 9.91. The van der Waals surface area contributed by atoms with Crippen molar-refractivity contribution in [1.82, 2.24) is 9.13 Å². The molecule has 1 unspecified atom stereocenters. The molecule has 2 heterocycles. The predicted octanol–water partition coefficient (Wildman–Crippen LogP) is 11.5. The number of hydrogen-bond acceptors (Lipinski definition) is 1. The Hall–Kier alpha value is -6.11. The van der Waals surface area contributed by atoms with Gasteiger partial charge in [-0.3, -0.25) is 0 Å². The summed E-state index contributed by atoms with van der Waals surface area (Å²) in [6.07, 6.45) is 5.66. The monoisotopic (exact) mass is 601 g/mol. The number of nitrogens with zero attached hydrogens (tertiary/aromatic N) is 3. The van der Waals surface area contributed by atoms with E-state index in [-0.39, 0.29) is 0 Å². The molecule has 0 radical (unpaired) electrons. The van der Waals surface area contributed by atoms with Gasteiger partial charge in [-0.15, -0.1) is 0 Å². The van der Waals surface area contributed by atoms with Gasteiger partial charge in [0.25, 0.3) is 0 Å². The third-order valence-electron chi connectivity index (χ3n) is 9.77. The Morgan fingerprint density at radius 2 is 1.19 bits per heavy atom. The van der Waals surface area contributed by atoms with Gasteiger partial charge in [0.15, 0.2) is 0 Å². The topological polar surface area (TPSA) is 33.6 Å². The van der Waals surface area contributed by atoms with Gasteiger partial charge in [-0.25, -0.2) is 0 Å². The highest BCUT2D eigenvalue weighted by molar-refractivity contribution is 6.09. The van der Waals surface area contributed by atoms with E-state index in [1.807, 2.05) is 18.2 Å². The number of fused-ring (bicyclic) bond motifs is 6. The second kappa shape index (κ2) is 10.8. The first-order valence-electron chi connectivity index (χ1n) is 16.2. The van der Waals surface area contributed by atoms with Crippen LogP contribution in [0.3, 0.4) is 0 Å². The van der Waals surface area contributed by atoms with E-state index in [9.17, 15) is 5.26 Å². The van der Waals surface area contributed by atoms with Gasteiger partial charge in [0.2, 0.25) is 0 Å². The second-order valence-electron chi connectivity index (χ2n) is 12.5. The average Bonchev–Trinajstić information content (AvgIpc) is 3.65. The summed E-state index contributed by atoms with van der Waals surface area (Å²) < 4.78 is 4.77. The molecule has 0 saturated heterocycles. The van der Waals surface area contributed by atoms with Crippen LogP contribution in [0.25, 0.3) is 72.4 Å². The third kappa shape index (κ3) is 4.26. The van der Waals surface area contributed by atoms with Crippen LogP contribution in [0.5, 0.6) is 0 Å². The van der Waals surface area contributed by atoms with Gasteiger partial charge in [0.05, 0.1) is 28.2 Å². The zero-order valence-electron chi connectivity index (χ0n) is 26.1. The van der Waals surface area contributed by atoms with E-state index in [1.165, 1.54) is 44.0 Å². The molecule has 1 aliphatic carbocycles. The fourth-order valence-corrected chi connectivity index (χ4v) is 7.68. The van der Waals surface area contributed by atoms with Gasteiger partial charge in [-0.2, -0.15) is 5.26 Å². The summed E-state index contributed by atoms with van der Waals surface area (Å²) in [6, 6.07) is 52.0. The molecule has 6 aromatic carbocycles. The number of para-hydroxylation sites is 3. The van der Waals surface area contributed by atoms with E-state index in [1.54, 1.807) is 0 Å². The van der Waals surface area contributed by atoms with Gasteiger partial charge >= 0.3 is 0 Å². The normalized spacial score (nSPS) is 14.1. The van der Waals surface area contributed by atoms with Crippen LogP contribution in [0.1, 0.15) is 36.1 Å². The summed E-state index contributed by atoms with van der Waals surface area (Å²) >= 11 is 0. The molecule has 1 aliphatic rings. The van der Waals surface area contributed by atoms with Crippen LogP contribution in [0.15, 0.2) is 146 Å². The van der Waals surface area contributed by atoms with Gasteiger partial charge in [-0.05, 0) is 101 Å². The lowest BCUT2D eigenvalue weighted by Gasteiger charge is -2.18. The minimum absolute atomic E-state index is 0.469. The van der Waals surface area contributed by atoms with Crippen molar-refractivity contribution in [2.75, 3.05) is 0 Å². The molecule has 9 rings (SSSR count). The maximum absolute atomic E-state index is 9.82. The largest absolute Gasteiger partial charge is 0.310 e. The quantitative estimate of drug-likeness (QED) is 0.198. The fourth-order valence-electron chi connectivity index (χ4n) is 7.68. The number of allylic oxidation sites excluding steroid dienone is 1. The summed E-state index contributed by atoms with van der Waals surface area (Å²) in [5.41, 5.74) is 13.5. The van der Waals surface area contributed by atoms with Crippen LogP contribution in [0.4, 0.5) is 0 Å². The highest BCUT2D eigenvalue weighted by atomic mass is 15.0. The number of aromatic nitrogens is 2. The Morgan fingerprint density at radius 1 is 0.574 bits per heavy atom. The minimum Gasteiger partial charge on any atom is -0.310 e. The summed E-state index contributed by atoms with van der Waals surface area (Å²) in [7, 11) is 0. The summed E-state index contributed by atoms with van der Waals surface area (Å²) in [5.74, 6) is 0.469. The Morgan fingerprint density at radius 3 is 1.91 bits per heavy atom. The van der Waals surface area contributed by atoms with Crippen LogP contribution in [-0.4, -0.2) is 9.13 Å². The lowest BCUT2D eigenvalue weighted by Crippen LogP contribution is -2.03. The number of rotatable bonds is 4. The fraction of sp³-hybridized carbons (Fsp3) is 0.0682. The van der Waals surface area contributed by atoms with Gasteiger partial charge in [0.1, 0.15) is 0 Å². The maximum Gasteiger partial charge on any atom is 0.0991 e. The van der Waals surface area contributed by atoms with E-state index in [4.69, 9.17) is 0 Å². The average molecular weight is 602 g/mol. The van der Waals surface area contributed by atoms with Crippen LogP contribution >= 0.6 is 0 Å². The zero-order chi connectivity index (χ0) is 31.5. The number of hydrogen-bond donors (Lipinski definition) is 0. The summed E-state index contributed by atoms with van der Waals surface area (Å²) in [4.78, 5) is 0. The van der Waals surface area contributed by atoms with Crippen molar-refractivity contribution >= 4 is 38.8 Å². The van der Waals surface area contributed by atoms with Crippen molar-refractivity contribution in [2.45, 2.75) is 19.3 Å². The SMILES string of the molecule is CC1CC=Cc2c1c1ccccc1n2-c1cccc(-c2ccc(-n3c4ccccc4c4ccccc43)cc2-c2cccc(C#N)c2)c1.